The standard InChI is InChI=1S/C18H25FN2O2/c19-16-5-3-14(4-6-16)18(23)15-7-11-20(12-8-15)13-17(22)21-9-1-2-10-21/h3-6,15,18,23H,1-2,7-13H2. The average Bonchev–Trinajstić information content (AvgIpc) is 3.10. The van der Waals surface area contributed by atoms with E-state index < -0.39 is 6.10 Å². The quantitative estimate of drug-likeness (QED) is 0.925. The molecule has 0 bridgehead atoms. The zero-order valence-corrected chi connectivity index (χ0v) is 13.5. The number of hydrogen-bond acceptors (Lipinski definition) is 3. The second-order valence-electron chi connectivity index (χ2n) is 6.70. The molecule has 0 saturated carbocycles. The number of piperidine rings is 1. The fraction of sp³-hybridized carbons (Fsp3) is 0.611. The summed E-state index contributed by atoms with van der Waals surface area (Å²) >= 11 is 0. The Morgan fingerprint density at radius 2 is 1.74 bits per heavy atom. The number of carbonyl (C=O) groups excluding carboxylic acids is 1. The Labute approximate surface area is 136 Å². The van der Waals surface area contributed by atoms with Crippen LogP contribution in [0.25, 0.3) is 0 Å². The number of benzene rings is 1. The van der Waals surface area contributed by atoms with Gasteiger partial charge in [-0.3, -0.25) is 9.69 Å². The lowest BCUT2D eigenvalue weighted by molar-refractivity contribution is -0.131. The second-order valence-corrected chi connectivity index (χ2v) is 6.70. The molecule has 0 aliphatic carbocycles. The Morgan fingerprint density at radius 1 is 1.13 bits per heavy atom. The van der Waals surface area contributed by atoms with E-state index in [0.29, 0.717) is 6.54 Å². The third-order valence-corrected chi connectivity index (χ3v) is 5.11. The van der Waals surface area contributed by atoms with Gasteiger partial charge in [0.05, 0.1) is 12.6 Å². The Morgan fingerprint density at radius 3 is 2.35 bits per heavy atom. The second kappa shape index (κ2) is 7.41. The summed E-state index contributed by atoms with van der Waals surface area (Å²) in [6, 6.07) is 6.09. The zero-order valence-electron chi connectivity index (χ0n) is 13.5. The van der Waals surface area contributed by atoms with E-state index in [9.17, 15) is 14.3 Å². The average molecular weight is 320 g/mol. The van der Waals surface area contributed by atoms with Crippen molar-refractivity contribution in [1.29, 1.82) is 0 Å². The number of nitrogens with zero attached hydrogens (tertiary/aromatic N) is 2. The number of rotatable bonds is 4. The highest BCUT2D eigenvalue weighted by molar-refractivity contribution is 5.78. The predicted molar refractivity (Wildman–Crippen MR) is 86.3 cm³/mol. The van der Waals surface area contributed by atoms with Gasteiger partial charge in [-0.25, -0.2) is 4.39 Å². The lowest BCUT2D eigenvalue weighted by atomic mass is 9.87. The summed E-state index contributed by atoms with van der Waals surface area (Å²) in [5.74, 6) is 0.134. The first-order valence-electron chi connectivity index (χ1n) is 8.57. The molecule has 126 valence electrons. The number of carbonyl (C=O) groups is 1. The highest BCUT2D eigenvalue weighted by atomic mass is 19.1. The van der Waals surface area contributed by atoms with Crippen molar-refractivity contribution in [2.75, 3.05) is 32.7 Å². The van der Waals surface area contributed by atoms with Crippen LogP contribution in [0, 0.1) is 11.7 Å². The van der Waals surface area contributed by atoms with Crippen molar-refractivity contribution < 1.29 is 14.3 Å². The van der Waals surface area contributed by atoms with E-state index in [-0.39, 0.29) is 17.6 Å². The summed E-state index contributed by atoms with van der Waals surface area (Å²) in [6.45, 7) is 3.97. The molecule has 0 spiro atoms. The van der Waals surface area contributed by atoms with Crippen LogP contribution in [0.4, 0.5) is 4.39 Å². The fourth-order valence-electron chi connectivity index (χ4n) is 3.62. The van der Waals surface area contributed by atoms with Crippen LogP contribution in [0.5, 0.6) is 0 Å². The Kier molecular flexibility index (Phi) is 5.28. The van der Waals surface area contributed by atoms with Gasteiger partial charge < -0.3 is 10.0 Å². The van der Waals surface area contributed by atoms with Gasteiger partial charge in [0.1, 0.15) is 5.82 Å². The molecule has 1 atom stereocenters. The van der Waals surface area contributed by atoms with Crippen molar-refractivity contribution in [3.63, 3.8) is 0 Å². The SMILES string of the molecule is O=C(CN1CCC(C(O)c2ccc(F)cc2)CC1)N1CCCC1. The normalized spacial score (nSPS) is 21.6. The first-order valence-corrected chi connectivity index (χ1v) is 8.57. The predicted octanol–water partition coefficient (Wildman–Crippen LogP) is 2.19. The van der Waals surface area contributed by atoms with Gasteiger partial charge in [0, 0.05) is 13.1 Å². The molecule has 0 aromatic heterocycles. The molecule has 5 heteroatoms. The number of amides is 1. The molecule has 1 amide bonds. The summed E-state index contributed by atoms with van der Waals surface area (Å²) in [7, 11) is 0. The number of likely N-dealkylation sites (tertiary alicyclic amines) is 2. The van der Waals surface area contributed by atoms with Gasteiger partial charge in [0.2, 0.25) is 5.91 Å². The first-order chi connectivity index (χ1) is 11.1. The van der Waals surface area contributed by atoms with Crippen LogP contribution in [0.3, 0.4) is 0 Å². The summed E-state index contributed by atoms with van der Waals surface area (Å²) < 4.78 is 13.0. The lowest BCUT2D eigenvalue weighted by Crippen LogP contribution is -2.43. The first kappa shape index (κ1) is 16.4. The molecule has 1 N–H and O–H groups in total. The Balaban J connectivity index is 1.47. The molecular weight excluding hydrogens is 295 g/mol. The van der Waals surface area contributed by atoms with Crippen LogP contribution in [-0.4, -0.2) is 53.5 Å². The van der Waals surface area contributed by atoms with Crippen molar-refractivity contribution >= 4 is 5.91 Å². The fourth-order valence-corrected chi connectivity index (χ4v) is 3.62. The maximum Gasteiger partial charge on any atom is 0.236 e. The molecular formula is C18H25FN2O2. The van der Waals surface area contributed by atoms with Crippen LogP contribution in [0.2, 0.25) is 0 Å². The molecule has 1 aromatic rings. The lowest BCUT2D eigenvalue weighted by Gasteiger charge is -2.34. The number of halogens is 1. The maximum atomic E-state index is 13.0. The van der Waals surface area contributed by atoms with Gasteiger partial charge in [-0.05, 0) is 62.4 Å². The van der Waals surface area contributed by atoms with Crippen LogP contribution in [0.1, 0.15) is 37.4 Å². The van der Waals surface area contributed by atoms with Crippen molar-refractivity contribution in [2.24, 2.45) is 5.92 Å². The van der Waals surface area contributed by atoms with E-state index in [1.54, 1.807) is 12.1 Å². The van der Waals surface area contributed by atoms with Crippen LogP contribution < -0.4 is 0 Å². The highest BCUT2D eigenvalue weighted by Gasteiger charge is 2.28. The molecule has 1 aromatic carbocycles. The van der Waals surface area contributed by atoms with Crippen molar-refractivity contribution in [2.45, 2.75) is 31.8 Å². The van der Waals surface area contributed by atoms with E-state index in [2.05, 4.69) is 4.90 Å². The molecule has 1 unspecified atom stereocenters. The van der Waals surface area contributed by atoms with Gasteiger partial charge in [0.15, 0.2) is 0 Å². The highest BCUT2D eigenvalue weighted by Crippen LogP contribution is 2.30. The smallest absolute Gasteiger partial charge is 0.236 e. The summed E-state index contributed by atoms with van der Waals surface area (Å²) in [4.78, 5) is 16.3. The molecule has 2 heterocycles. The summed E-state index contributed by atoms with van der Waals surface area (Å²) in [5, 5.41) is 10.5. The minimum Gasteiger partial charge on any atom is -0.388 e. The van der Waals surface area contributed by atoms with Gasteiger partial charge in [0.25, 0.3) is 0 Å². The molecule has 4 nitrogen and oxygen atoms in total. The minimum atomic E-state index is -0.549. The van der Waals surface area contributed by atoms with Crippen molar-refractivity contribution in [1.82, 2.24) is 9.80 Å². The molecule has 2 aliphatic rings. The largest absolute Gasteiger partial charge is 0.388 e. The van der Waals surface area contributed by atoms with Crippen molar-refractivity contribution in [3.8, 4) is 0 Å². The minimum absolute atomic E-state index is 0.179. The van der Waals surface area contributed by atoms with E-state index in [1.807, 2.05) is 4.90 Å². The van der Waals surface area contributed by atoms with Crippen molar-refractivity contribution in [3.05, 3.63) is 35.6 Å². The maximum absolute atomic E-state index is 13.0. The Bertz CT molecular complexity index is 520. The van der Waals surface area contributed by atoms with E-state index >= 15 is 0 Å². The van der Waals surface area contributed by atoms with E-state index in [1.165, 1.54) is 12.1 Å². The third kappa shape index (κ3) is 4.09. The Hall–Kier alpha value is -1.46. The van der Waals surface area contributed by atoms with Crippen LogP contribution in [0.15, 0.2) is 24.3 Å². The summed E-state index contributed by atoms with van der Waals surface area (Å²) in [6.07, 6.45) is 3.43. The van der Waals surface area contributed by atoms with E-state index in [4.69, 9.17) is 0 Å². The third-order valence-electron chi connectivity index (χ3n) is 5.11. The molecule has 2 saturated heterocycles. The summed E-state index contributed by atoms with van der Waals surface area (Å²) in [5.41, 5.74) is 0.776. The molecule has 23 heavy (non-hydrogen) atoms. The molecule has 0 radical (unpaired) electrons. The molecule has 2 fully saturated rings. The molecule has 2 aliphatic heterocycles. The van der Waals surface area contributed by atoms with E-state index in [0.717, 1.165) is 57.4 Å². The van der Waals surface area contributed by atoms with Gasteiger partial charge in [-0.2, -0.15) is 0 Å². The number of aliphatic hydroxyl groups is 1. The van der Waals surface area contributed by atoms with Gasteiger partial charge in [-0.15, -0.1) is 0 Å². The van der Waals surface area contributed by atoms with Gasteiger partial charge in [-0.1, -0.05) is 12.1 Å². The topological polar surface area (TPSA) is 43.8 Å². The van der Waals surface area contributed by atoms with Gasteiger partial charge >= 0.3 is 0 Å². The number of aliphatic hydroxyl groups excluding tert-OH is 1. The monoisotopic (exact) mass is 320 g/mol. The van der Waals surface area contributed by atoms with Crippen LogP contribution >= 0.6 is 0 Å². The van der Waals surface area contributed by atoms with Crippen LogP contribution in [-0.2, 0) is 4.79 Å². The number of hydrogen-bond donors (Lipinski definition) is 1. The zero-order chi connectivity index (χ0) is 16.2. The molecule has 3 rings (SSSR count).